The van der Waals surface area contributed by atoms with E-state index in [1.54, 1.807) is 28.7 Å². The first kappa shape index (κ1) is 21.9. The van der Waals surface area contributed by atoms with Crippen LogP contribution in [0.4, 0.5) is 0 Å². The average Bonchev–Trinajstić information content (AvgIpc) is 3.49. The fourth-order valence-electron chi connectivity index (χ4n) is 3.77. The molecule has 2 heterocycles. The van der Waals surface area contributed by atoms with E-state index in [4.69, 9.17) is 5.11 Å². The summed E-state index contributed by atoms with van der Waals surface area (Å²) in [6.07, 6.45) is 5.58. The molecular weight excluding hydrogens is 434 g/mol. The van der Waals surface area contributed by atoms with Crippen molar-refractivity contribution in [2.75, 3.05) is 0 Å². The van der Waals surface area contributed by atoms with Crippen LogP contribution in [0.15, 0.2) is 77.1 Å². The minimum Gasteiger partial charge on any atom is -0.478 e. The molecule has 0 aliphatic heterocycles. The molecule has 1 N–H and O–H groups in total. The Balaban J connectivity index is 1.83. The molecule has 0 atom stereocenters. The van der Waals surface area contributed by atoms with Gasteiger partial charge in [0.1, 0.15) is 0 Å². The molecule has 0 saturated carbocycles. The van der Waals surface area contributed by atoms with Gasteiger partial charge in [-0.05, 0) is 74.7 Å². The highest BCUT2D eigenvalue weighted by molar-refractivity contribution is 7.13. The van der Waals surface area contributed by atoms with Gasteiger partial charge in [0.05, 0.1) is 10.4 Å². The zero-order valence-corrected chi connectivity index (χ0v) is 19.5. The van der Waals surface area contributed by atoms with Crippen LogP contribution >= 0.6 is 22.7 Å². The van der Waals surface area contributed by atoms with E-state index >= 15 is 0 Å². The van der Waals surface area contributed by atoms with Gasteiger partial charge in [0.2, 0.25) is 0 Å². The number of nitrogens with zero attached hydrogens (tertiary/aromatic N) is 1. The summed E-state index contributed by atoms with van der Waals surface area (Å²) in [5, 5.41) is 13.3. The molecule has 160 valence electrons. The monoisotopic (exact) mass is 457 g/mol. The molecule has 0 aliphatic rings. The van der Waals surface area contributed by atoms with Gasteiger partial charge < -0.3 is 5.11 Å². The number of aryl methyl sites for hydroxylation is 1. The maximum absolute atomic E-state index is 10.8. The van der Waals surface area contributed by atoms with Gasteiger partial charge in [0, 0.05) is 12.3 Å². The number of carboxylic acid groups (broad SMARTS) is 1. The van der Waals surface area contributed by atoms with E-state index in [0.29, 0.717) is 0 Å². The summed E-state index contributed by atoms with van der Waals surface area (Å²) < 4.78 is 0. The smallest absolute Gasteiger partial charge is 0.328 e. The van der Waals surface area contributed by atoms with E-state index in [1.807, 2.05) is 23.8 Å². The third kappa shape index (κ3) is 4.79. The van der Waals surface area contributed by atoms with Gasteiger partial charge in [0.15, 0.2) is 0 Å². The van der Waals surface area contributed by atoms with Crippen LogP contribution in [0.5, 0.6) is 0 Å². The number of thiazole rings is 1. The summed E-state index contributed by atoms with van der Waals surface area (Å²) in [5.74, 6) is -0.947. The first-order chi connectivity index (χ1) is 15.6. The van der Waals surface area contributed by atoms with Crippen LogP contribution in [0.3, 0.4) is 0 Å². The largest absolute Gasteiger partial charge is 0.478 e. The first-order valence-electron chi connectivity index (χ1n) is 10.3. The van der Waals surface area contributed by atoms with Gasteiger partial charge in [-0.15, -0.1) is 11.3 Å². The number of hydrogen-bond acceptors (Lipinski definition) is 4. The topological polar surface area (TPSA) is 50.2 Å². The normalized spacial score (nSPS) is 12.2. The first-order valence-corrected chi connectivity index (χ1v) is 12.2. The number of allylic oxidation sites excluding steroid dienone is 1. The number of thiophene rings is 1. The van der Waals surface area contributed by atoms with Crippen LogP contribution in [0.1, 0.15) is 41.2 Å². The molecule has 0 unspecified atom stereocenters. The molecule has 0 amide bonds. The fourth-order valence-corrected chi connectivity index (χ4v) is 5.27. The maximum Gasteiger partial charge on any atom is 0.328 e. The number of rotatable bonds is 7. The van der Waals surface area contributed by atoms with Crippen LogP contribution in [-0.2, 0) is 4.79 Å². The summed E-state index contributed by atoms with van der Waals surface area (Å²) in [4.78, 5) is 16.2. The molecular formula is C27H23NO2S2. The standard InChI is InChI=1S/C27H23NO2S2/c1-3-23(24-16-31-15-18(24)2)27(21-7-4-19(5-8-21)6-13-26(29)30)22-11-9-20(10-12-22)25-14-28-17-32-25/h4-17H,3H2,1-2H3,(H,29,30). The molecule has 4 aromatic rings. The summed E-state index contributed by atoms with van der Waals surface area (Å²) in [6.45, 7) is 4.36. The second kappa shape index (κ2) is 9.90. The van der Waals surface area contributed by atoms with Gasteiger partial charge >= 0.3 is 5.97 Å². The quantitative estimate of drug-likeness (QED) is 0.290. The highest BCUT2D eigenvalue weighted by atomic mass is 32.1. The average molecular weight is 458 g/mol. The molecule has 0 aliphatic carbocycles. The molecule has 0 spiro atoms. The van der Waals surface area contributed by atoms with Crippen molar-refractivity contribution in [1.82, 2.24) is 4.98 Å². The molecule has 2 aromatic heterocycles. The Bertz CT molecular complexity index is 1260. The van der Waals surface area contributed by atoms with Gasteiger partial charge in [-0.1, -0.05) is 55.5 Å². The molecule has 0 saturated heterocycles. The Hall–Kier alpha value is -3.28. The number of aliphatic carboxylic acids is 1. The van der Waals surface area contributed by atoms with Gasteiger partial charge in [-0.3, -0.25) is 4.98 Å². The van der Waals surface area contributed by atoms with E-state index in [-0.39, 0.29) is 0 Å². The Morgan fingerprint density at radius 1 is 1.03 bits per heavy atom. The second-order valence-corrected chi connectivity index (χ2v) is 9.04. The van der Waals surface area contributed by atoms with E-state index in [1.165, 1.54) is 22.3 Å². The van der Waals surface area contributed by atoms with Crippen molar-refractivity contribution >= 4 is 45.9 Å². The van der Waals surface area contributed by atoms with Crippen molar-refractivity contribution in [2.45, 2.75) is 20.3 Å². The van der Waals surface area contributed by atoms with E-state index in [0.717, 1.165) is 39.6 Å². The lowest BCUT2D eigenvalue weighted by molar-refractivity contribution is -0.131. The van der Waals surface area contributed by atoms with Crippen molar-refractivity contribution in [3.63, 3.8) is 0 Å². The highest BCUT2D eigenvalue weighted by Crippen LogP contribution is 2.37. The second-order valence-electron chi connectivity index (χ2n) is 7.41. The lowest BCUT2D eigenvalue weighted by atomic mass is 9.87. The lowest BCUT2D eigenvalue weighted by Crippen LogP contribution is -1.96. The molecule has 4 rings (SSSR count). The van der Waals surface area contributed by atoms with Crippen LogP contribution in [0, 0.1) is 6.92 Å². The molecule has 0 bridgehead atoms. The fraction of sp³-hybridized carbons (Fsp3) is 0.111. The predicted molar refractivity (Wildman–Crippen MR) is 136 cm³/mol. The molecule has 0 radical (unpaired) electrons. The van der Waals surface area contributed by atoms with Crippen molar-refractivity contribution in [3.8, 4) is 10.4 Å². The number of carboxylic acids is 1. The number of hydrogen-bond donors (Lipinski definition) is 1. The Morgan fingerprint density at radius 3 is 2.25 bits per heavy atom. The van der Waals surface area contributed by atoms with Crippen molar-refractivity contribution in [2.24, 2.45) is 0 Å². The van der Waals surface area contributed by atoms with Gasteiger partial charge in [0.25, 0.3) is 0 Å². The molecule has 3 nitrogen and oxygen atoms in total. The molecule has 0 fully saturated rings. The minimum atomic E-state index is -0.947. The maximum atomic E-state index is 10.8. The Kier molecular flexibility index (Phi) is 6.78. The summed E-state index contributed by atoms with van der Waals surface area (Å²) in [5.41, 5.74) is 11.2. The Morgan fingerprint density at radius 2 is 1.72 bits per heavy atom. The Labute approximate surface area is 196 Å². The zero-order valence-electron chi connectivity index (χ0n) is 17.9. The molecule has 2 aromatic carbocycles. The lowest BCUT2D eigenvalue weighted by Gasteiger charge is -2.17. The summed E-state index contributed by atoms with van der Waals surface area (Å²) in [7, 11) is 0. The van der Waals surface area contributed by atoms with Crippen molar-refractivity contribution in [1.29, 1.82) is 0 Å². The molecule has 5 heteroatoms. The highest BCUT2D eigenvalue weighted by Gasteiger charge is 2.15. The van der Waals surface area contributed by atoms with E-state index in [2.05, 4.69) is 66.0 Å². The molecule has 32 heavy (non-hydrogen) atoms. The van der Waals surface area contributed by atoms with E-state index < -0.39 is 5.97 Å². The van der Waals surface area contributed by atoms with Gasteiger partial charge in [-0.25, -0.2) is 4.79 Å². The summed E-state index contributed by atoms with van der Waals surface area (Å²) >= 11 is 3.36. The third-order valence-electron chi connectivity index (χ3n) is 5.34. The van der Waals surface area contributed by atoms with Crippen LogP contribution in [-0.4, -0.2) is 16.1 Å². The SMILES string of the molecule is CCC(=C(c1ccc(C=CC(=O)O)cc1)c1ccc(-c2cncs2)cc1)c1cscc1C. The summed E-state index contributed by atoms with van der Waals surface area (Å²) in [6, 6.07) is 16.8. The zero-order chi connectivity index (χ0) is 22.5. The van der Waals surface area contributed by atoms with Crippen molar-refractivity contribution in [3.05, 3.63) is 105 Å². The number of benzene rings is 2. The minimum absolute atomic E-state index is 0.862. The van der Waals surface area contributed by atoms with E-state index in [9.17, 15) is 4.79 Å². The van der Waals surface area contributed by atoms with Crippen LogP contribution in [0.2, 0.25) is 0 Å². The number of carbonyl (C=O) groups is 1. The predicted octanol–water partition coefficient (Wildman–Crippen LogP) is 7.65. The van der Waals surface area contributed by atoms with Crippen LogP contribution in [0.25, 0.3) is 27.7 Å². The van der Waals surface area contributed by atoms with Crippen LogP contribution < -0.4 is 0 Å². The van der Waals surface area contributed by atoms with Crippen molar-refractivity contribution < 1.29 is 9.90 Å². The third-order valence-corrected chi connectivity index (χ3v) is 7.03. The van der Waals surface area contributed by atoms with Gasteiger partial charge in [-0.2, -0.15) is 11.3 Å². The number of aromatic nitrogens is 1.